The number of ether oxygens (including phenoxy) is 1. The van der Waals surface area contributed by atoms with E-state index in [9.17, 15) is 0 Å². The molecule has 1 saturated carbocycles. The molecule has 0 radical (unpaired) electrons. The Morgan fingerprint density at radius 2 is 1.75 bits per heavy atom. The molecule has 1 aromatic rings. The van der Waals surface area contributed by atoms with Crippen LogP contribution in [0.2, 0.25) is 5.02 Å². The lowest BCUT2D eigenvalue weighted by molar-refractivity contribution is 0.110. The Kier molecular flexibility index (Phi) is 6.89. The molecule has 1 nitrogen and oxygen atoms in total. The smallest absolute Gasteiger partial charge is 0.0468 e. The quantitative estimate of drug-likeness (QED) is 0.576. The van der Waals surface area contributed by atoms with Crippen LogP contribution >= 0.6 is 11.6 Å². The first-order valence-electron chi connectivity index (χ1n) is 8.12. The van der Waals surface area contributed by atoms with Crippen molar-refractivity contribution >= 4 is 11.6 Å². The van der Waals surface area contributed by atoms with Crippen LogP contribution in [0.5, 0.6) is 0 Å². The molecule has 0 atom stereocenters. The van der Waals surface area contributed by atoms with Crippen molar-refractivity contribution < 1.29 is 4.74 Å². The van der Waals surface area contributed by atoms with Gasteiger partial charge in [0.15, 0.2) is 0 Å². The number of halogens is 1. The summed E-state index contributed by atoms with van der Waals surface area (Å²) in [5.74, 6) is 1.62. The molecule has 2 rings (SSSR count). The van der Waals surface area contributed by atoms with Gasteiger partial charge in [0, 0.05) is 18.2 Å². The molecule has 1 aromatic carbocycles. The zero-order valence-electron chi connectivity index (χ0n) is 12.6. The average molecular weight is 295 g/mol. The summed E-state index contributed by atoms with van der Waals surface area (Å²) in [6.45, 7) is 4.11. The van der Waals surface area contributed by atoms with Gasteiger partial charge >= 0.3 is 0 Å². The standard InChI is InChI=1S/C18H27ClO/c1-2-3-13-20-14-12-15-4-6-16(7-5-15)17-8-10-18(19)11-9-17/h8-11,15-16H,2-7,12-14H2,1H3. The monoisotopic (exact) mass is 294 g/mol. The van der Waals surface area contributed by atoms with Gasteiger partial charge in [-0.2, -0.15) is 0 Å². The highest BCUT2D eigenvalue weighted by Crippen LogP contribution is 2.37. The van der Waals surface area contributed by atoms with Gasteiger partial charge in [-0.25, -0.2) is 0 Å². The number of hydrogen-bond donors (Lipinski definition) is 0. The molecule has 1 fully saturated rings. The van der Waals surface area contributed by atoms with Crippen molar-refractivity contribution in [2.45, 2.75) is 57.8 Å². The van der Waals surface area contributed by atoms with Crippen LogP contribution in [0.1, 0.15) is 63.4 Å². The van der Waals surface area contributed by atoms with Crippen LogP contribution in [0, 0.1) is 5.92 Å². The second kappa shape index (κ2) is 8.69. The minimum Gasteiger partial charge on any atom is -0.381 e. The maximum absolute atomic E-state index is 5.95. The van der Waals surface area contributed by atoms with Crippen molar-refractivity contribution in [3.8, 4) is 0 Å². The van der Waals surface area contributed by atoms with Crippen molar-refractivity contribution in [3.63, 3.8) is 0 Å². The van der Waals surface area contributed by atoms with Gasteiger partial charge in [0.05, 0.1) is 0 Å². The van der Waals surface area contributed by atoms with Gasteiger partial charge in [-0.3, -0.25) is 0 Å². The predicted octanol–water partition coefficient (Wildman–Crippen LogP) is 5.82. The van der Waals surface area contributed by atoms with Crippen molar-refractivity contribution in [2.24, 2.45) is 5.92 Å². The van der Waals surface area contributed by atoms with Crippen LogP contribution in [0.4, 0.5) is 0 Å². The molecular weight excluding hydrogens is 268 g/mol. The van der Waals surface area contributed by atoms with E-state index in [-0.39, 0.29) is 0 Å². The SMILES string of the molecule is CCCCOCCC1CCC(c2ccc(Cl)cc2)CC1. The van der Waals surface area contributed by atoms with Crippen LogP contribution in [-0.4, -0.2) is 13.2 Å². The van der Waals surface area contributed by atoms with Crippen LogP contribution in [0.15, 0.2) is 24.3 Å². The van der Waals surface area contributed by atoms with Gasteiger partial charge < -0.3 is 4.74 Å². The van der Waals surface area contributed by atoms with E-state index in [4.69, 9.17) is 16.3 Å². The van der Waals surface area contributed by atoms with Crippen LogP contribution in [-0.2, 0) is 4.74 Å². The molecule has 20 heavy (non-hydrogen) atoms. The Morgan fingerprint density at radius 3 is 2.40 bits per heavy atom. The normalized spacial score (nSPS) is 22.9. The number of unbranched alkanes of at least 4 members (excludes halogenated alkanes) is 1. The maximum atomic E-state index is 5.95. The van der Waals surface area contributed by atoms with E-state index < -0.39 is 0 Å². The van der Waals surface area contributed by atoms with Gasteiger partial charge in [0.1, 0.15) is 0 Å². The molecule has 0 aromatic heterocycles. The number of hydrogen-bond acceptors (Lipinski definition) is 1. The molecular formula is C18H27ClO. The van der Waals surface area contributed by atoms with E-state index in [1.807, 2.05) is 12.1 Å². The largest absolute Gasteiger partial charge is 0.381 e. The lowest BCUT2D eigenvalue weighted by atomic mass is 9.78. The summed E-state index contributed by atoms with van der Waals surface area (Å²) in [5, 5.41) is 0.840. The lowest BCUT2D eigenvalue weighted by Crippen LogP contribution is -2.15. The molecule has 0 N–H and O–H groups in total. The Morgan fingerprint density at radius 1 is 1.05 bits per heavy atom. The minimum atomic E-state index is 0.740. The molecule has 0 spiro atoms. The summed E-state index contributed by atoms with van der Waals surface area (Å²) in [6, 6.07) is 8.43. The third-order valence-electron chi connectivity index (χ3n) is 4.50. The Labute approximate surface area is 128 Å². The Bertz CT molecular complexity index is 366. The zero-order chi connectivity index (χ0) is 14.2. The molecule has 0 unspecified atom stereocenters. The van der Waals surface area contributed by atoms with Crippen molar-refractivity contribution in [3.05, 3.63) is 34.9 Å². The average Bonchev–Trinajstić information content (AvgIpc) is 2.49. The molecule has 112 valence electrons. The molecule has 0 heterocycles. The first kappa shape index (κ1) is 15.9. The maximum Gasteiger partial charge on any atom is 0.0468 e. The number of rotatable bonds is 7. The zero-order valence-corrected chi connectivity index (χ0v) is 13.4. The van der Waals surface area contributed by atoms with Gasteiger partial charge in [0.2, 0.25) is 0 Å². The summed E-state index contributed by atoms with van der Waals surface area (Å²) in [6.07, 6.45) is 9.02. The van der Waals surface area contributed by atoms with E-state index in [2.05, 4.69) is 19.1 Å². The molecule has 1 aliphatic rings. The number of benzene rings is 1. The molecule has 0 saturated heterocycles. The topological polar surface area (TPSA) is 9.23 Å². The molecule has 2 heteroatoms. The summed E-state index contributed by atoms with van der Waals surface area (Å²) in [4.78, 5) is 0. The van der Waals surface area contributed by atoms with Crippen molar-refractivity contribution in [1.82, 2.24) is 0 Å². The molecule has 1 aliphatic carbocycles. The fraction of sp³-hybridized carbons (Fsp3) is 0.667. The first-order valence-corrected chi connectivity index (χ1v) is 8.50. The highest BCUT2D eigenvalue weighted by Gasteiger charge is 2.22. The fourth-order valence-electron chi connectivity index (χ4n) is 3.12. The van der Waals surface area contributed by atoms with Gasteiger partial charge in [0.25, 0.3) is 0 Å². The molecule has 0 aliphatic heterocycles. The predicted molar refractivity (Wildman–Crippen MR) is 86.5 cm³/mol. The highest BCUT2D eigenvalue weighted by molar-refractivity contribution is 6.30. The first-order chi connectivity index (χ1) is 9.79. The Hall–Kier alpha value is -0.530. The summed E-state index contributed by atoms with van der Waals surface area (Å²) in [7, 11) is 0. The minimum absolute atomic E-state index is 0.740. The summed E-state index contributed by atoms with van der Waals surface area (Å²) in [5.41, 5.74) is 1.46. The van der Waals surface area contributed by atoms with E-state index in [1.165, 1.54) is 50.5 Å². The van der Waals surface area contributed by atoms with Gasteiger partial charge in [-0.05, 0) is 68.1 Å². The molecule has 0 amide bonds. The van der Waals surface area contributed by atoms with Crippen LogP contribution in [0.3, 0.4) is 0 Å². The lowest BCUT2D eigenvalue weighted by Gasteiger charge is -2.28. The van der Waals surface area contributed by atoms with Crippen LogP contribution in [0.25, 0.3) is 0 Å². The van der Waals surface area contributed by atoms with E-state index >= 15 is 0 Å². The van der Waals surface area contributed by atoms with Gasteiger partial charge in [-0.15, -0.1) is 0 Å². The second-order valence-electron chi connectivity index (χ2n) is 6.02. The Balaban J connectivity index is 1.66. The van der Waals surface area contributed by atoms with Crippen LogP contribution < -0.4 is 0 Å². The third kappa shape index (κ3) is 5.10. The van der Waals surface area contributed by atoms with E-state index in [1.54, 1.807) is 0 Å². The summed E-state index contributed by atoms with van der Waals surface area (Å²) < 4.78 is 5.69. The van der Waals surface area contributed by atoms with Crippen molar-refractivity contribution in [2.75, 3.05) is 13.2 Å². The fourth-order valence-corrected chi connectivity index (χ4v) is 3.24. The van der Waals surface area contributed by atoms with Gasteiger partial charge in [-0.1, -0.05) is 37.1 Å². The second-order valence-corrected chi connectivity index (χ2v) is 6.46. The summed E-state index contributed by atoms with van der Waals surface area (Å²) >= 11 is 5.95. The van der Waals surface area contributed by atoms with E-state index in [0.717, 1.165) is 30.1 Å². The van der Waals surface area contributed by atoms with Crippen molar-refractivity contribution in [1.29, 1.82) is 0 Å². The highest BCUT2D eigenvalue weighted by atomic mass is 35.5. The third-order valence-corrected chi connectivity index (χ3v) is 4.75. The molecule has 0 bridgehead atoms. The van der Waals surface area contributed by atoms with E-state index in [0.29, 0.717) is 0 Å².